The number of halogens is 3. The number of nitrogens with one attached hydrogen (secondary N) is 2. The number of fused-ring (bicyclic) bond motifs is 1. The van der Waals surface area contributed by atoms with Gasteiger partial charge in [-0.3, -0.25) is 4.90 Å². The number of nitrogens with zero attached hydrogens (tertiary/aromatic N) is 5. The fourth-order valence-corrected chi connectivity index (χ4v) is 5.13. The van der Waals surface area contributed by atoms with Crippen LogP contribution in [-0.2, 0) is 22.3 Å². The molecule has 0 saturated heterocycles. The molecule has 0 amide bonds. The van der Waals surface area contributed by atoms with Gasteiger partial charge in [-0.05, 0) is 56.4 Å². The van der Waals surface area contributed by atoms with E-state index in [-0.39, 0.29) is 22.9 Å². The molecule has 0 aliphatic carbocycles. The van der Waals surface area contributed by atoms with Gasteiger partial charge in [-0.15, -0.1) is 5.10 Å². The van der Waals surface area contributed by atoms with E-state index in [2.05, 4.69) is 28.1 Å². The molecule has 0 radical (unpaired) electrons. The zero-order valence-corrected chi connectivity index (χ0v) is 24.0. The lowest BCUT2D eigenvalue weighted by atomic mass is 9.90. The second-order valence-electron chi connectivity index (χ2n) is 10.3. The first-order valence-electron chi connectivity index (χ1n) is 13.4. The van der Waals surface area contributed by atoms with Crippen LogP contribution in [0.2, 0.25) is 0 Å². The molecular weight excluding hydrogens is 551 g/mol. The van der Waals surface area contributed by atoms with E-state index >= 15 is 0 Å². The molecule has 0 bridgehead atoms. The maximum Gasteiger partial charge on any atom is 0.416 e. The van der Waals surface area contributed by atoms with Gasteiger partial charge in [0.1, 0.15) is 12.6 Å². The average Bonchev–Trinajstić information content (AvgIpc) is 3.34. The van der Waals surface area contributed by atoms with Crippen LogP contribution >= 0.6 is 0 Å². The Morgan fingerprint density at radius 2 is 2.00 bits per heavy atom. The van der Waals surface area contributed by atoms with Crippen LogP contribution in [0.4, 0.5) is 24.8 Å². The van der Waals surface area contributed by atoms with Gasteiger partial charge in [-0.25, -0.2) is 19.3 Å². The Hall–Kier alpha value is -4.41. The number of anilines is 2. The SMILES string of the molecule is CCN(C)CC[NH+](C)Cc1cc(C#N)ccc1[C@@H]1C(C(=O)OC)=C(C)N(c2cccc(C(F)(F)F)c2)c2n[nH]c(=O)n21. The molecular formula is C29H33F3N7O3+. The van der Waals surface area contributed by atoms with Crippen molar-refractivity contribution < 1.29 is 27.6 Å². The number of allylic oxidation sites excluding steroid dienone is 1. The van der Waals surface area contributed by atoms with Crippen molar-refractivity contribution in [3.8, 4) is 6.07 Å². The number of benzene rings is 2. The summed E-state index contributed by atoms with van der Waals surface area (Å²) in [6, 6.07) is 10.7. The molecule has 222 valence electrons. The van der Waals surface area contributed by atoms with E-state index in [0.29, 0.717) is 17.7 Å². The summed E-state index contributed by atoms with van der Waals surface area (Å²) in [5.74, 6) is -0.746. The lowest BCUT2D eigenvalue weighted by Crippen LogP contribution is -3.08. The van der Waals surface area contributed by atoms with Crippen LogP contribution in [0.3, 0.4) is 0 Å². The number of methoxy groups -OCH3 is 1. The summed E-state index contributed by atoms with van der Waals surface area (Å²) in [7, 11) is 5.24. The second kappa shape index (κ2) is 12.2. The van der Waals surface area contributed by atoms with E-state index in [1.165, 1.54) is 28.7 Å². The number of carbonyl (C=O) groups excluding carboxylic acids is 1. The number of likely N-dealkylation sites (N-methyl/N-ethyl adjacent to an activating group) is 2. The van der Waals surface area contributed by atoms with Crippen LogP contribution in [0.5, 0.6) is 0 Å². The van der Waals surface area contributed by atoms with Crippen LogP contribution in [0.15, 0.2) is 58.5 Å². The van der Waals surface area contributed by atoms with Gasteiger partial charge in [0, 0.05) is 23.5 Å². The minimum absolute atomic E-state index is 0.00931. The summed E-state index contributed by atoms with van der Waals surface area (Å²) in [6.45, 7) is 6.65. The molecule has 1 aliphatic heterocycles. The highest BCUT2D eigenvalue weighted by molar-refractivity contribution is 5.93. The van der Waals surface area contributed by atoms with Crippen molar-refractivity contribution in [1.82, 2.24) is 19.7 Å². The van der Waals surface area contributed by atoms with Gasteiger partial charge in [0.15, 0.2) is 0 Å². The second-order valence-corrected chi connectivity index (χ2v) is 10.3. The Labute approximate surface area is 241 Å². The summed E-state index contributed by atoms with van der Waals surface area (Å²) in [5.41, 5.74) is 0.523. The highest BCUT2D eigenvalue weighted by Gasteiger charge is 2.41. The number of hydrogen-bond donors (Lipinski definition) is 2. The van der Waals surface area contributed by atoms with Crippen molar-refractivity contribution in [1.29, 1.82) is 5.26 Å². The Morgan fingerprint density at radius 1 is 1.26 bits per heavy atom. The largest absolute Gasteiger partial charge is 0.466 e. The van der Waals surface area contributed by atoms with E-state index in [9.17, 15) is 28.0 Å². The highest BCUT2D eigenvalue weighted by Crippen LogP contribution is 2.43. The predicted octanol–water partition coefficient (Wildman–Crippen LogP) is 2.62. The smallest absolute Gasteiger partial charge is 0.416 e. The molecule has 13 heteroatoms. The summed E-state index contributed by atoms with van der Waals surface area (Å²) in [4.78, 5) is 31.3. The first-order chi connectivity index (χ1) is 19.9. The number of ether oxygens (including phenoxy) is 1. The molecule has 0 saturated carbocycles. The van der Waals surface area contributed by atoms with Crippen molar-refractivity contribution >= 4 is 17.6 Å². The van der Waals surface area contributed by atoms with Crippen LogP contribution in [-0.4, -0.2) is 66.5 Å². The van der Waals surface area contributed by atoms with Crippen LogP contribution in [0.1, 0.15) is 42.1 Å². The molecule has 42 heavy (non-hydrogen) atoms. The molecule has 1 aliphatic rings. The lowest BCUT2D eigenvalue weighted by molar-refractivity contribution is -0.893. The van der Waals surface area contributed by atoms with E-state index in [1.54, 1.807) is 25.1 Å². The Kier molecular flexibility index (Phi) is 8.89. The third-order valence-electron chi connectivity index (χ3n) is 7.50. The Bertz CT molecular complexity index is 1600. The summed E-state index contributed by atoms with van der Waals surface area (Å²) >= 11 is 0. The van der Waals surface area contributed by atoms with Gasteiger partial charge in [-0.2, -0.15) is 18.4 Å². The molecule has 0 fully saturated rings. The molecule has 2 aromatic carbocycles. The number of aromatic amines is 1. The number of nitriles is 1. The third-order valence-corrected chi connectivity index (χ3v) is 7.50. The summed E-state index contributed by atoms with van der Waals surface area (Å²) < 4.78 is 47.2. The van der Waals surface area contributed by atoms with E-state index in [4.69, 9.17) is 4.74 Å². The van der Waals surface area contributed by atoms with Crippen LogP contribution in [0, 0.1) is 11.3 Å². The molecule has 10 nitrogen and oxygen atoms in total. The van der Waals surface area contributed by atoms with Crippen molar-refractivity contribution in [3.05, 3.63) is 86.5 Å². The van der Waals surface area contributed by atoms with Gasteiger partial charge in [0.2, 0.25) is 5.95 Å². The third kappa shape index (κ3) is 5.95. The Morgan fingerprint density at radius 3 is 2.64 bits per heavy atom. The number of carbonyl (C=O) groups is 1. The highest BCUT2D eigenvalue weighted by atomic mass is 19.4. The minimum atomic E-state index is -4.61. The van der Waals surface area contributed by atoms with E-state index in [1.807, 2.05) is 14.1 Å². The molecule has 1 aromatic heterocycles. The molecule has 2 N–H and O–H groups in total. The zero-order chi connectivity index (χ0) is 30.8. The zero-order valence-electron chi connectivity index (χ0n) is 24.0. The molecule has 0 spiro atoms. The molecule has 2 atom stereocenters. The van der Waals surface area contributed by atoms with Crippen molar-refractivity contribution in [2.45, 2.75) is 32.6 Å². The van der Waals surface area contributed by atoms with Crippen molar-refractivity contribution in [2.75, 3.05) is 45.7 Å². The number of rotatable bonds is 9. The van der Waals surface area contributed by atoms with E-state index < -0.39 is 29.4 Å². The molecule has 1 unspecified atom stereocenters. The van der Waals surface area contributed by atoms with Gasteiger partial charge in [-0.1, -0.05) is 19.1 Å². The maximum absolute atomic E-state index is 13.6. The normalized spacial score (nSPS) is 15.9. The van der Waals surface area contributed by atoms with Gasteiger partial charge in [0.25, 0.3) is 0 Å². The maximum atomic E-state index is 13.6. The first kappa shape index (κ1) is 30.5. The number of hydrogen-bond acceptors (Lipinski definition) is 7. The van der Waals surface area contributed by atoms with Crippen molar-refractivity contribution in [3.63, 3.8) is 0 Å². The Balaban J connectivity index is 1.92. The number of esters is 1. The minimum Gasteiger partial charge on any atom is -0.466 e. The fraction of sp³-hybridized carbons (Fsp3) is 0.379. The molecule has 3 aromatic rings. The number of H-pyrrole nitrogens is 1. The quantitative estimate of drug-likeness (QED) is 0.372. The number of aromatic nitrogens is 3. The molecule has 2 heterocycles. The van der Waals surface area contributed by atoms with Gasteiger partial charge < -0.3 is 14.5 Å². The monoisotopic (exact) mass is 584 g/mol. The van der Waals surface area contributed by atoms with Crippen molar-refractivity contribution in [2.24, 2.45) is 0 Å². The number of quaternary nitrogens is 1. The summed E-state index contributed by atoms with van der Waals surface area (Å²) in [6.07, 6.45) is -4.61. The van der Waals surface area contributed by atoms with E-state index in [0.717, 1.165) is 42.2 Å². The fourth-order valence-electron chi connectivity index (χ4n) is 5.13. The molecule has 4 rings (SSSR count). The average molecular weight is 585 g/mol. The topological polar surface area (TPSA) is 112 Å². The van der Waals surface area contributed by atoms with Gasteiger partial charge in [0.05, 0.1) is 43.5 Å². The lowest BCUT2D eigenvalue weighted by Gasteiger charge is -2.36. The number of alkyl halides is 3. The first-order valence-corrected chi connectivity index (χ1v) is 13.4. The van der Waals surface area contributed by atoms with Crippen LogP contribution in [0.25, 0.3) is 0 Å². The standard InChI is InChI=1S/C29H32F3N7O3/c1-6-36(3)12-13-37(4)17-20-14-19(16-33)10-11-23(20)25-24(26(40)42-5)18(2)38(27-34-35-28(41)39(25)27)22-9-7-8-21(15-22)29(30,31)32/h7-11,14-15,25H,6,12-13,17H2,1-5H3,(H,35,41)/p+1/t25-/m1/s1. The predicted molar refractivity (Wildman–Crippen MR) is 149 cm³/mol. The van der Waals surface area contributed by atoms with Crippen LogP contribution < -0.4 is 15.5 Å². The van der Waals surface area contributed by atoms with Gasteiger partial charge >= 0.3 is 17.8 Å². The summed E-state index contributed by atoms with van der Waals surface area (Å²) in [5, 5.41) is 16.2.